The topological polar surface area (TPSA) is 119 Å². The number of pyridine rings is 1. The molecule has 0 unspecified atom stereocenters. The van der Waals surface area contributed by atoms with Crippen LogP contribution in [0.3, 0.4) is 0 Å². The normalized spacial score (nSPS) is 22.6. The minimum absolute atomic E-state index is 0.0141. The Hall–Kier alpha value is -3.74. The molecule has 1 aliphatic heterocycles. The predicted molar refractivity (Wildman–Crippen MR) is 137 cm³/mol. The number of carbonyl (C=O) groups is 2. The summed E-state index contributed by atoms with van der Waals surface area (Å²) >= 11 is 3.26. The number of nitrogen functional groups attached to an aromatic ring is 1. The van der Waals surface area contributed by atoms with Crippen LogP contribution in [0.2, 0.25) is 0 Å². The minimum atomic E-state index is -4.68. The van der Waals surface area contributed by atoms with E-state index in [1.165, 1.54) is 21.6 Å². The SMILES string of the molecule is C[C@@]12C[C@@H](C(=O)Nc3cccc(Br)n3)N(C(=O)Cn3c4ncnc(N)c4c4cccc(C(F)(F)F)c43)[C@@H]1C2. The van der Waals surface area contributed by atoms with Crippen LogP contribution in [0, 0.1) is 5.41 Å². The van der Waals surface area contributed by atoms with Gasteiger partial charge in [-0.25, -0.2) is 15.0 Å². The molecule has 1 saturated heterocycles. The summed E-state index contributed by atoms with van der Waals surface area (Å²) in [6.07, 6.45) is -2.37. The number of benzene rings is 1. The number of alkyl halides is 3. The number of likely N-dealkylation sites (tertiary alicyclic amines) is 1. The molecule has 3 N–H and O–H groups in total. The van der Waals surface area contributed by atoms with E-state index in [2.05, 4.69) is 36.2 Å². The molecule has 3 atom stereocenters. The fraction of sp³-hybridized carbons (Fsp3) is 0.320. The van der Waals surface area contributed by atoms with Gasteiger partial charge < -0.3 is 20.5 Å². The summed E-state index contributed by atoms with van der Waals surface area (Å²) < 4.78 is 43.9. The molecular formula is C25H21BrF3N7O2. The summed E-state index contributed by atoms with van der Waals surface area (Å²) in [5.41, 5.74) is 4.82. The van der Waals surface area contributed by atoms with Crippen molar-refractivity contribution >= 4 is 61.3 Å². The minimum Gasteiger partial charge on any atom is -0.383 e. The Kier molecular flexibility index (Phi) is 5.42. The van der Waals surface area contributed by atoms with Crippen molar-refractivity contribution in [2.45, 2.75) is 44.6 Å². The zero-order valence-corrected chi connectivity index (χ0v) is 21.5. The van der Waals surface area contributed by atoms with Crippen LogP contribution in [0.4, 0.5) is 24.8 Å². The van der Waals surface area contributed by atoms with Gasteiger partial charge in [-0.15, -0.1) is 0 Å². The van der Waals surface area contributed by atoms with E-state index in [1.807, 2.05) is 6.92 Å². The zero-order valence-electron chi connectivity index (χ0n) is 20.0. The first-order chi connectivity index (χ1) is 18.0. The average Bonchev–Trinajstić information content (AvgIpc) is 3.25. The maximum atomic E-state index is 14.0. The second-order valence-electron chi connectivity index (χ2n) is 9.97. The van der Waals surface area contributed by atoms with Crippen LogP contribution < -0.4 is 11.1 Å². The van der Waals surface area contributed by atoms with Gasteiger partial charge in [0.05, 0.1) is 16.5 Å². The molecule has 1 aliphatic carbocycles. The summed E-state index contributed by atoms with van der Waals surface area (Å²) in [6.45, 7) is 1.55. The van der Waals surface area contributed by atoms with Crippen LogP contribution in [0.1, 0.15) is 25.3 Å². The number of aromatic nitrogens is 4. The third kappa shape index (κ3) is 3.87. The quantitative estimate of drug-likeness (QED) is 0.342. The molecule has 1 saturated carbocycles. The zero-order chi connectivity index (χ0) is 27.0. The maximum absolute atomic E-state index is 14.0. The first-order valence-electron chi connectivity index (χ1n) is 11.8. The molecule has 0 bridgehead atoms. The molecule has 196 valence electrons. The highest BCUT2D eigenvalue weighted by Crippen LogP contribution is 2.59. The number of fused-ring (bicyclic) bond motifs is 4. The summed E-state index contributed by atoms with van der Waals surface area (Å²) in [6, 6.07) is 7.84. The van der Waals surface area contributed by atoms with Crippen molar-refractivity contribution in [2.75, 3.05) is 11.1 Å². The van der Waals surface area contributed by atoms with E-state index < -0.39 is 36.1 Å². The van der Waals surface area contributed by atoms with Crippen molar-refractivity contribution in [3.05, 3.63) is 52.9 Å². The fourth-order valence-corrected chi connectivity index (χ4v) is 5.99. The highest BCUT2D eigenvalue weighted by atomic mass is 79.9. The summed E-state index contributed by atoms with van der Waals surface area (Å²) in [5.74, 6) is -0.541. The molecular weight excluding hydrogens is 567 g/mol. The Labute approximate surface area is 222 Å². The smallest absolute Gasteiger partial charge is 0.383 e. The predicted octanol–water partition coefficient (Wildman–Crippen LogP) is 4.36. The Morgan fingerprint density at radius 2 is 1.95 bits per heavy atom. The monoisotopic (exact) mass is 587 g/mol. The van der Waals surface area contributed by atoms with Crippen molar-refractivity contribution in [3.63, 3.8) is 0 Å². The van der Waals surface area contributed by atoms with Gasteiger partial charge >= 0.3 is 6.18 Å². The van der Waals surface area contributed by atoms with Crippen LogP contribution in [0.5, 0.6) is 0 Å². The number of rotatable bonds is 4. The van der Waals surface area contributed by atoms with Gasteiger partial charge in [-0.2, -0.15) is 13.2 Å². The first kappa shape index (κ1) is 24.6. The molecule has 2 amide bonds. The number of nitrogens with one attached hydrogen (secondary N) is 1. The lowest BCUT2D eigenvalue weighted by atomic mass is 10.0. The number of nitrogens with zero attached hydrogens (tertiary/aromatic N) is 5. The molecule has 3 aromatic heterocycles. The number of nitrogens with two attached hydrogens (primary N) is 1. The molecule has 13 heteroatoms. The molecule has 4 aromatic rings. The lowest BCUT2D eigenvalue weighted by Gasteiger charge is -2.27. The molecule has 6 rings (SSSR count). The Morgan fingerprint density at radius 3 is 2.68 bits per heavy atom. The van der Waals surface area contributed by atoms with Gasteiger partial charge in [-0.05, 0) is 52.4 Å². The summed E-state index contributed by atoms with van der Waals surface area (Å²) in [7, 11) is 0. The van der Waals surface area contributed by atoms with Crippen molar-refractivity contribution in [1.29, 1.82) is 0 Å². The van der Waals surface area contributed by atoms with Gasteiger partial charge in [0.25, 0.3) is 0 Å². The number of hydrogen-bond acceptors (Lipinski definition) is 6. The Bertz CT molecular complexity index is 1640. The van der Waals surface area contributed by atoms with E-state index in [1.54, 1.807) is 18.2 Å². The Morgan fingerprint density at radius 1 is 1.18 bits per heavy atom. The standard InChI is InChI=1S/C25H21BrF3N7O2/c1-24-8-14(23(38)34-17-7-3-6-16(26)33-17)36(15(24)9-24)18(37)10-35-20-12(4-2-5-13(20)25(27,28)29)19-21(30)31-11-32-22(19)35/h2-7,11,14-15H,8-10H2,1H3,(H2,30,31,32)(H,33,34,38)/t14-,15+,24-/m0/s1. The number of para-hydroxylation sites is 1. The lowest BCUT2D eigenvalue weighted by molar-refractivity contribution is -0.139. The van der Waals surface area contributed by atoms with E-state index in [0.717, 1.165) is 12.4 Å². The van der Waals surface area contributed by atoms with Gasteiger partial charge in [0.2, 0.25) is 11.8 Å². The Balaban J connectivity index is 1.40. The molecule has 0 spiro atoms. The fourth-order valence-electron chi connectivity index (χ4n) is 5.64. The second kappa shape index (κ2) is 8.38. The largest absolute Gasteiger partial charge is 0.418 e. The molecule has 4 heterocycles. The number of anilines is 2. The summed E-state index contributed by atoms with van der Waals surface area (Å²) in [4.78, 5) is 40.9. The second-order valence-corrected chi connectivity index (χ2v) is 10.8. The van der Waals surface area contributed by atoms with Gasteiger partial charge in [0.15, 0.2) is 0 Å². The molecule has 2 fully saturated rings. The van der Waals surface area contributed by atoms with Crippen LogP contribution in [0.25, 0.3) is 21.9 Å². The van der Waals surface area contributed by atoms with Gasteiger partial charge in [0.1, 0.15) is 40.8 Å². The third-order valence-corrected chi connectivity index (χ3v) is 7.92. The molecule has 2 aliphatic rings. The van der Waals surface area contributed by atoms with Crippen molar-refractivity contribution < 1.29 is 22.8 Å². The van der Waals surface area contributed by atoms with Crippen LogP contribution in [0.15, 0.2) is 47.3 Å². The molecule has 0 radical (unpaired) electrons. The number of amides is 2. The molecule has 1 aromatic carbocycles. The van der Waals surface area contributed by atoms with Gasteiger partial charge in [0, 0.05) is 11.4 Å². The van der Waals surface area contributed by atoms with E-state index >= 15 is 0 Å². The molecule has 9 nitrogen and oxygen atoms in total. The maximum Gasteiger partial charge on any atom is 0.418 e. The number of halogens is 4. The van der Waals surface area contributed by atoms with Gasteiger partial charge in [-0.1, -0.05) is 25.1 Å². The molecule has 38 heavy (non-hydrogen) atoms. The van der Waals surface area contributed by atoms with E-state index in [9.17, 15) is 22.8 Å². The summed E-state index contributed by atoms with van der Waals surface area (Å²) in [5, 5.41) is 3.20. The van der Waals surface area contributed by atoms with Crippen molar-refractivity contribution in [1.82, 2.24) is 24.4 Å². The van der Waals surface area contributed by atoms with Crippen molar-refractivity contribution in [3.8, 4) is 0 Å². The number of hydrogen-bond donors (Lipinski definition) is 2. The number of carbonyl (C=O) groups excluding carboxylic acids is 2. The average molecular weight is 588 g/mol. The number of piperidine rings is 1. The highest BCUT2D eigenvalue weighted by Gasteiger charge is 2.64. The van der Waals surface area contributed by atoms with E-state index in [4.69, 9.17) is 5.73 Å². The van der Waals surface area contributed by atoms with Crippen LogP contribution in [-0.2, 0) is 22.3 Å². The van der Waals surface area contributed by atoms with Crippen LogP contribution >= 0.6 is 15.9 Å². The third-order valence-electron chi connectivity index (χ3n) is 7.48. The van der Waals surface area contributed by atoms with Crippen molar-refractivity contribution in [2.24, 2.45) is 5.41 Å². The van der Waals surface area contributed by atoms with Crippen LogP contribution in [-0.4, -0.2) is 48.3 Å². The first-order valence-corrected chi connectivity index (χ1v) is 12.6. The van der Waals surface area contributed by atoms with E-state index in [0.29, 0.717) is 23.3 Å². The van der Waals surface area contributed by atoms with Gasteiger partial charge in [-0.3, -0.25) is 9.59 Å². The lowest BCUT2D eigenvalue weighted by Crippen LogP contribution is -2.46. The highest BCUT2D eigenvalue weighted by molar-refractivity contribution is 9.10. The van der Waals surface area contributed by atoms with E-state index in [-0.39, 0.29) is 39.2 Å².